The van der Waals surface area contributed by atoms with Crippen LogP contribution in [0.4, 0.5) is 0 Å². The quantitative estimate of drug-likeness (QED) is 0.666. The van der Waals surface area contributed by atoms with E-state index in [0.717, 1.165) is 18.4 Å². The van der Waals surface area contributed by atoms with E-state index in [9.17, 15) is 0 Å². The summed E-state index contributed by atoms with van der Waals surface area (Å²) in [5.74, 6) is 1.63. The normalized spacial score (nSPS) is 32.2. The van der Waals surface area contributed by atoms with Gasteiger partial charge in [0, 0.05) is 13.7 Å². The average molecular weight is 157 g/mol. The molecule has 0 aromatic heterocycles. The third kappa shape index (κ3) is 2.46. The maximum Gasteiger partial charge on any atom is 0.0494 e. The molecule has 1 rings (SSSR count). The van der Waals surface area contributed by atoms with Crippen molar-refractivity contribution in [1.82, 2.24) is 5.32 Å². The summed E-state index contributed by atoms with van der Waals surface area (Å²) in [5, 5.41) is 3.42. The molecule has 2 atom stereocenters. The molecular weight excluding hydrogens is 138 g/mol. The highest BCUT2D eigenvalue weighted by atomic mass is 16.5. The van der Waals surface area contributed by atoms with E-state index in [4.69, 9.17) is 4.74 Å². The van der Waals surface area contributed by atoms with Gasteiger partial charge < -0.3 is 10.1 Å². The zero-order valence-corrected chi connectivity index (χ0v) is 7.60. The van der Waals surface area contributed by atoms with Crippen LogP contribution in [0.1, 0.15) is 19.8 Å². The summed E-state index contributed by atoms with van der Waals surface area (Å²) in [7, 11) is 1.80. The molecule has 2 heteroatoms. The summed E-state index contributed by atoms with van der Waals surface area (Å²) in [5.41, 5.74) is 0. The summed E-state index contributed by atoms with van der Waals surface area (Å²) in [6, 6.07) is 0. The molecule has 0 radical (unpaired) electrons. The Bertz CT molecular complexity index is 104. The van der Waals surface area contributed by atoms with Gasteiger partial charge in [0.05, 0.1) is 0 Å². The highest BCUT2D eigenvalue weighted by Gasteiger charge is 2.22. The fourth-order valence-corrected chi connectivity index (χ4v) is 1.89. The SMILES string of the molecule is CCC1CNCCC1COC. The van der Waals surface area contributed by atoms with E-state index in [1.165, 1.54) is 25.9 Å². The second-order valence-electron chi connectivity index (χ2n) is 3.38. The Morgan fingerprint density at radius 1 is 1.45 bits per heavy atom. The summed E-state index contributed by atoms with van der Waals surface area (Å²) < 4.78 is 5.19. The third-order valence-electron chi connectivity index (χ3n) is 2.67. The highest BCUT2D eigenvalue weighted by Crippen LogP contribution is 2.21. The van der Waals surface area contributed by atoms with Gasteiger partial charge in [-0.25, -0.2) is 0 Å². The predicted octanol–water partition coefficient (Wildman–Crippen LogP) is 1.27. The maximum absolute atomic E-state index is 5.19. The molecule has 66 valence electrons. The Labute approximate surface area is 69.3 Å². The Kier molecular flexibility index (Phi) is 3.87. The van der Waals surface area contributed by atoms with Gasteiger partial charge in [0.2, 0.25) is 0 Å². The molecule has 1 aliphatic rings. The predicted molar refractivity (Wildman–Crippen MR) is 46.6 cm³/mol. The summed E-state index contributed by atoms with van der Waals surface area (Å²) in [6.07, 6.45) is 2.56. The first-order chi connectivity index (χ1) is 5.38. The minimum absolute atomic E-state index is 0.797. The molecule has 0 aromatic carbocycles. The first-order valence-electron chi connectivity index (χ1n) is 4.58. The standard InChI is InChI=1S/C9H19NO/c1-3-8-6-10-5-4-9(8)7-11-2/h8-10H,3-7H2,1-2H3. The molecule has 1 fully saturated rings. The van der Waals surface area contributed by atoms with Crippen molar-refractivity contribution in [2.75, 3.05) is 26.8 Å². The molecule has 0 aliphatic carbocycles. The second-order valence-corrected chi connectivity index (χ2v) is 3.38. The molecule has 1 N–H and O–H groups in total. The summed E-state index contributed by atoms with van der Waals surface area (Å²) >= 11 is 0. The molecule has 0 saturated carbocycles. The number of hydrogen-bond donors (Lipinski definition) is 1. The van der Waals surface area contributed by atoms with Gasteiger partial charge in [-0.1, -0.05) is 13.3 Å². The van der Waals surface area contributed by atoms with Crippen LogP contribution in [0.15, 0.2) is 0 Å². The summed E-state index contributed by atoms with van der Waals surface area (Å²) in [6.45, 7) is 5.57. The van der Waals surface area contributed by atoms with Crippen LogP contribution in [0, 0.1) is 11.8 Å². The molecule has 11 heavy (non-hydrogen) atoms. The Morgan fingerprint density at radius 2 is 2.27 bits per heavy atom. The Hall–Kier alpha value is -0.0800. The number of piperidine rings is 1. The topological polar surface area (TPSA) is 21.3 Å². The van der Waals surface area contributed by atoms with Crippen LogP contribution < -0.4 is 5.32 Å². The number of methoxy groups -OCH3 is 1. The van der Waals surface area contributed by atoms with Crippen LogP contribution in [-0.4, -0.2) is 26.8 Å². The lowest BCUT2D eigenvalue weighted by atomic mass is 9.85. The van der Waals surface area contributed by atoms with E-state index in [2.05, 4.69) is 12.2 Å². The van der Waals surface area contributed by atoms with E-state index < -0.39 is 0 Å². The lowest BCUT2D eigenvalue weighted by Crippen LogP contribution is -2.38. The smallest absolute Gasteiger partial charge is 0.0494 e. The van der Waals surface area contributed by atoms with Crippen LogP contribution in [0.25, 0.3) is 0 Å². The first kappa shape index (κ1) is 9.01. The van der Waals surface area contributed by atoms with Gasteiger partial charge in [0.25, 0.3) is 0 Å². The van der Waals surface area contributed by atoms with Gasteiger partial charge in [-0.15, -0.1) is 0 Å². The van der Waals surface area contributed by atoms with Crippen LogP contribution in [0.5, 0.6) is 0 Å². The molecule has 2 unspecified atom stereocenters. The number of ether oxygens (including phenoxy) is 1. The van der Waals surface area contributed by atoms with Crippen molar-refractivity contribution < 1.29 is 4.74 Å². The van der Waals surface area contributed by atoms with E-state index in [-0.39, 0.29) is 0 Å². The van der Waals surface area contributed by atoms with Crippen LogP contribution in [0.2, 0.25) is 0 Å². The molecule has 0 amide bonds. The lowest BCUT2D eigenvalue weighted by molar-refractivity contribution is 0.0989. The van der Waals surface area contributed by atoms with Crippen LogP contribution >= 0.6 is 0 Å². The molecule has 1 heterocycles. The first-order valence-corrected chi connectivity index (χ1v) is 4.58. The van der Waals surface area contributed by atoms with Gasteiger partial charge in [0.1, 0.15) is 0 Å². The molecule has 0 aromatic rings. The van der Waals surface area contributed by atoms with Gasteiger partial charge >= 0.3 is 0 Å². The minimum Gasteiger partial charge on any atom is -0.384 e. The molecule has 1 saturated heterocycles. The number of rotatable bonds is 3. The molecule has 1 aliphatic heterocycles. The van der Waals surface area contributed by atoms with Crippen LogP contribution in [-0.2, 0) is 4.74 Å². The number of hydrogen-bond acceptors (Lipinski definition) is 2. The van der Waals surface area contributed by atoms with Crippen molar-refractivity contribution in [2.45, 2.75) is 19.8 Å². The molecule has 2 nitrogen and oxygen atoms in total. The van der Waals surface area contributed by atoms with Gasteiger partial charge in [-0.3, -0.25) is 0 Å². The third-order valence-corrected chi connectivity index (χ3v) is 2.67. The number of nitrogens with one attached hydrogen (secondary N) is 1. The maximum atomic E-state index is 5.19. The lowest BCUT2D eigenvalue weighted by Gasteiger charge is -2.30. The van der Waals surface area contributed by atoms with Crippen molar-refractivity contribution in [3.63, 3.8) is 0 Å². The van der Waals surface area contributed by atoms with E-state index in [1.54, 1.807) is 7.11 Å². The highest BCUT2D eigenvalue weighted by molar-refractivity contribution is 4.76. The van der Waals surface area contributed by atoms with Crippen molar-refractivity contribution in [3.8, 4) is 0 Å². The molecule has 0 bridgehead atoms. The van der Waals surface area contributed by atoms with E-state index in [1.807, 2.05) is 0 Å². The zero-order valence-electron chi connectivity index (χ0n) is 7.60. The van der Waals surface area contributed by atoms with Crippen molar-refractivity contribution in [2.24, 2.45) is 11.8 Å². The fraction of sp³-hybridized carbons (Fsp3) is 1.00. The van der Waals surface area contributed by atoms with Gasteiger partial charge in [0.15, 0.2) is 0 Å². The molecule has 0 spiro atoms. The van der Waals surface area contributed by atoms with Crippen LogP contribution in [0.3, 0.4) is 0 Å². The van der Waals surface area contributed by atoms with Crippen molar-refractivity contribution in [1.29, 1.82) is 0 Å². The van der Waals surface area contributed by atoms with Gasteiger partial charge in [-0.05, 0) is 31.3 Å². The van der Waals surface area contributed by atoms with Crippen molar-refractivity contribution >= 4 is 0 Å². The zero-order chi connectivity index (χ0) is 8.10. The summed E-state index contributed by atoms with van der Waals surface area (Å²) in [4.78, 5) is 0. The minimum atomic E-state index is 0.797. The molecular formula is C9H19NO. The largest absolute Gasteiger partial charge is 0.384 e. The van der Waals surface area contributed by atoms with Gasteiger partial charge in [-0.2, -0.15) is 0 Å². The Balaban J connectivity index is 2.31. The fourth-order valence-electron chi connectivity index (χ4n) is 1.89. The Morgan fingerprint density at radius 3 is 2.91 bits per heavy atom. The average Bonchev–Trinajstić information content (AvgIpc) is 2.06. The second kappa shape index (κ2) is 4.73. The monoisotopic (exact) mass is 157 g/mol. The van der Waals surface area contributed by atoms with E-state index in [0.29, 0.717) is 0 Å². The van der Waals surface area contributed by atoms with Crippen molar-refractivity contribution in [3.05, 3.63) is 0 Å². The van der Waals surface area contributed by atoms with E-state index >= 15 is 0 Å².